The molecule has 5 atom stereocenters. The van der Waals surface area contributed by atoms with Crippen LogP contribution in [0.3, 0.4) is 0 Å². The molecule has 7 heteroatoms. The average molecular weight is 433 g/mol. The summed E-state index contributed by atoms with van der Waals surface area (Å²) in [6.45, 7) is 9.11. The molecule has 0 amide bonds. The van der Waals surface area contributed by atoms with Crippen LogP contribution in [0.2, 0.25) is 0 Å². The molecular weight excluding hydrogens is 400 g/mol. The van der Waals surface area contributed by atoms with Gasteiger partial charge >= 0.3 is 5.97 Å². The van der Waals surface area contributed by atoms with Crippen LogP contribution in [-0.4, -0.2) is 64.2 Å². The first-order valence-electron chi connectivity index (χ1n) is 10.6. The molecule has 0 bridgehead atoms. The van der Waals surface area contributed by atoms with E-state index in [-0.39, 0.29) is 23.6 Å². The molecule has 31 heavy (non-hydrogen) atoms. The molecule has 2 aliphatic heterocycles. The number of hydrogen-bond donors (Lipinski definition) is 2. The Morgan fingerprint density at radius 2 is 1.97 bits per heavy atom. The van der Waals surface area contributed by atoms with Gasteiger partial charge in [-0.05, 0) is 46.6 Å². The summed E-state index contributed by atoms with van der Waals surface area (Å²) in [5, 5.41) is 21.1. The lowest BCUT2D eigenvalue weighted by molar-refractivity contribution is -0.140. The molecule has 7 nitrogen and oxygen atoms in total. The molecule has 0 radical (unpaired) electrons. The molecule has 0 aromatic carbocycles. The normalized spacial score (nSPS) is 33.1. The maximum atomic E-state index is 12.5. The van der Waals surface area contributed by atoms with Gasteiger partial charge in [0.05, 0.1) is 11.7 Å². The number of rotatable bonds is 9. The Hall–Kier alpha value is -2.06. The van der Waals surface area contributed by atoms with Gasteiger partial charge in [0, 0.05) is 12.5 Å². The number of carbonyl (C=O) groups is 2. The summed E-state index contributed by atoms with van der Waals surface area (Å²) in [5.74, 6) is -0.898. The molecule has 2 N–H and O–H groups in total. The maximum absolute atomic E-state index is 12.5. The van der Waals surface area contributed by atoms with Crippen molar-refractivity contribution in [2.75, 3.05) is 6.61 Å². The molecule has 5 unspecified atom stereocenters. The molecule has 3 rings (SSSR count). The quantitative estimate of drug-likeness (QED) is 0.327. The number of ketones is 1. The molecule has 3 aliphatic rings. The standard InChI is InChI=1S/C24H32O7/c1-14(9-10-20-23(4,5)30-20)7-6-8-15(2)11-18(26)24-19(27)12-17(13-29-16(3)25)21(28)22(24)31-24/h6-8,11-12,18-20,22,26-27H,9-10,13H2,1-5H3. The van der Waals surface area contributed by atoms with Crippen LogP contribution < -0.4 is 0 Å². The van der Waals surface area contributed by atoms with E-state index in [1.807, 2.05) is 25.2 Å². The van der Waals surface area contributed by atoms with Crippen LogP contribution in [-0.2, 0) is 23.8 Å². The molecule has 2 heterocycles. The third-order valence-corrected chi connectivity index (χ3v) is 6.07. The zero-order valence-corrected chi connectivity index (χ0v) is 18.8. The lowest BCUT2D eigenvalue weighted by Crippen LogP contribution is -2.46. The summed E-state index contributed by atoms with van der Waals surface area (Å²) in [6, 6.07) is 0. The van der Waals surface area contributed by atoms with Crippen LogP contribution in [0.15, 0.2) is 47.1 Å². The highest BCUT2D eigenvalue weighted by Gasteiger charge is 2.70. The lowest BCUT2D eigenvalue weighted by atomic mass is 9.82. The SMILES string of the molecule is CC(=O)OCC1=CC(O)C2(C(O)C=C(C)C=CC=C(C)CCC3OC3(C)C)OC2C1=O. The van der Waals surface area contributed by atoms with Gasteiger partial charge in [-0.3, -0.25) is 9.59 Å². The first-order chi connectivity index (χ1) is 14.5. The number of hydrogen-bond acceptors (Lipinski definition) is 7. The molecular formula is C24H32O7. The Bertz CT molecular complexity index is 863. The van der Waals surface area contributed by atoms with Crippen molar-refractivity contribution in [1.29, 1.82) is 0 Å². The maximum Gasteiger partial charge on any atom is 0.302 e. The highest BCUT2D eigenvalue weighted by atomic mass is 16.6. The van der Waals surface area contributed by atoms with Crippen molar-refractivity contribution in [3.8, 4) is 0 Å². The summed E-state index contributed by atoms with van der Waals surface area (Å²) >= 11 is 0. The number of aliphatic hydroxyl groups is 2. The number of epoxide rings is 2. The number of esters is 1. The predicted molar refractivity (Wildman–Crippen MR) is 114 cm³/mol. The number of carbonyl (C=O) groups excluding carboxylic acids is 2. The number of allylic oxidation sites excluding steroid dienone is 5. The second kappa shape index (κ2) is 8.82. The van der Waals surface area contributed by atoms with Gasteiger partial charge in [0.1, 0.15) is 18.8 Å². The summed E-state index contributed by atoms with van der Waals surface area (Å²) in [7, 11) is 0. The minimum absolute atomic E-state index is 0.00914. The van der Waals surface area contributed by atoms with Crippen LogP contribution in [0.25, 0.3) is 0 Å². The Labute approximate surface area is 183 Å². The van der Waals surface area contributed by atoms with Crippen LogP contribution in [0.4, 0.5) is 0 Å². The Balaban J connectivity index is 1.57. The summed E-state index contributed by atoms with van der Waals surface area (Å²) in [4.78, 5) is 23.4. The van der Waals surface area contributed by atoms with Crippen LogP contribution in [0, 0.1) is 0 Å². The fourth-order valence-corrected chi connectivity index (χ4v) is 3.90. The molecule has 2 fully saturated rings. The van der Waals surface area contributed by atoms with Gasteiger partial charge < -0.3 is 24.4 Å². The average Bonchev–Trinajstić information content (AvgIpc) is 3.56. The topological polar surface area (TPSA) is 109 Å². The summed E-state index contributed by atoms with van der Waals surface area (Å²) in [6.07, 6.45) is 7.66. The molecule has 170 valence electrons. The monoisotopic (exact) mass is 432 g/mol. The molecule has 0 aromatic rings. The third-order valence-electron chi connectivity index (χ3n) is 6.07. The zero-order valence-electron chi connectivity index (χ0n) is 18.8. The zero-order chi connectivity index (χ0) is 23.0. The summed E-state index contributed by atoms with van der Waals surface area (Å²) in [5.41, 5.74) is 0.818. The number of aliphatic hydroxyl groups excluding tert-OH is 2. The largest absolute Gasteiger partial charge is 0.461 e. The van der Waals surface area contributed by atoms with Gasteiger partial charge in [0.25, 0.3) is 0 Å². The van der Waals surface area contributed by atoms with Crippen molar-refractivity contribution in [2.24, 2.45) is 0 Å². The minimum Gasteiger partial charge on any atom is -0.461 e. The van der Waals surface area contributed by atoms with Crippen molar-refractivity contribution in [3.63, 3.8) is 0 Å². The summed E-state index contributed by atoms with van der Waals surface area (Å²) < 4.78 is 15.9. The number of fused-ring (bicyclic) bond motifs is 1. The van der Waals surface area contributed by atoms with Crippen LogP contribution in [0.1, 0.15) is 47.5 Å². The van der Waals surface area contributed by atoms with E-state index in [9.17, 15) is 19.8 Å². The number of ether oxygens (including phenoxy) is 3. The van der Waals surface area contributed by atoms with Gasteiger partial charge in [-0.1, -0.05) is 35.5 Å². The second-order valence-corrected chi connectivity index (χ2v) is 9.11. The molecule has 2 saturated heterocycles. The van der Waals surface area contributed by atoms with Crippen molar-refractivity contribution in [2.45, 2.75) is 83.1 Å². The van der Waals surface area contributed by atoms with Gasteiger partial charge in [0.2, 0.25) is 0 Å². The van der Waals surface area contributed by atoms with Gasteiger partial charge in [-0.15, -0.1) is 0 Å². The highest BCUT2D eigenvalue weighted by molar-refractivity contribution is 6.03. The van der Waals surface area contributed by atoms with Crippen molar-refractivity contribution >= 4 is 11.8 Å². The van der Waals surface area contributed by atoms with E-state index in [1.165, 1.54) is 18.6 Å². The molecule has 0 spiro atoms. The molecule has 1 aliphatic carbocycles. The Kier molecular flexibility index (Phi) is 6.72. The molecule has 0 aromatic heterocycles. The highest BCUT2D eigenvalue weighted by Crippen LogP contribution is 2.48. The van der Waals surface area contributed by atoms with E-state index in [2.05, 4.69) is 20.8 Å². The van der Waals surface area contributed by atoms with E-state index < -0.39 is 29.9 Å². The Morgan fingerprint density at radius 1 is 1.29 bits per heavy atom. The van der Waals surface area contributed by atoms with E-state index in [0.29, 0.717) is 6.10 Å². The van der Waals surface area contributed by atoms with E-state index in [1.54, 1.807) is 6.08 Å². The number of Topliss-reactive ketones (excluding diaryl/α,β-unsaturated/α-hetero) is 1. The Morgan fingerprint density at radius 3 is 2.58 bits per heavy atom. The fourth-order valence-electron chi connectivity index (χ4n) is 3.90. The first-order valence-corrected chi connectivity index (χ1v) is 10.6. The van der Waals surface area contributed by atoms with Gasteiger partial charge in [-0.25, -0.2) is 0 Å². The van der Waals surface area contributed by atoms with Gasteiger partial charge in [-0.2, -0.15) is 0 Å². The first kappa shape index (κ1) is 23.6. The smallest absolute Gasteiger partial charge is 0.302 e. The van der Waals surface area contributed by atoms with Crippen molar-refractivity contribution < 1.29 is 34.0 Å². The fraction of sp³-hybridized carbons (Fsp3) is 0.583. The van der Waals surface area contributed by atoms with Crippen molar-refractivity contribution in [3.05, 3.63) is 47.1 Å². The van der Waals surface area contributed by atoms with Crippen molar-refractivity contribution in [1.82, 2.24) is 0 Å². The van der Waals surface area contributed by atoms with E-state index in [4.69, 9.17) is 14.2 Å². The van der Waals surface area contributed by atoms with Gasteiger partial charge in [0.15, 0.2) is 17.5 Å². The minimum atomic E-state index is -1.38. The van der Waals surface area contributed by atoms with Crippen LogP contribution in [0.5, 0.6) is 0 Å². The lowest BCUT2D eigenvalue weighted by Gasteiger charge is -2.25. The third kappa shape index (κ3) is 5.23. The second-order valence-electron chi connectivity index (χ2n) is 9.11. The predicted octanol–water partition coefficient (Wildman–Crippen LogP) is 2.32. The molecule has 0 saturated carbocycles. The van der Waals surface area contributed by atoms with Crippen LogP contribution >= 0.6 is 0 Å². The van der Waals surface area contributed by atoms with E-state index in [0.717, 1.165) is 18.4 Å². The van der Waals surface area contributed by atoms with E-state index >= 15 is 0 Å².